The third kappa shape index (κ3) is 8.22. The molecular weight excluding hydrogens is 459 g/mol. The van der Waals surface area contributed by atoms with Crippen molar-refractivity contribution in [2.45, 2.75) is 0 Å². The molecule has 0 aromatic heterocycles. The van der Waals surface area contributed by atoms with Crippen LogP contribution >= 0.6 is 17.8 Å². The Balaban J connectivity index is 6.87. The fourth-order valence-corrected chi connectivity index (χ4v) is 10.3. The van der Waals surface area contributed by atoms with Crippen molar-refractivity contribution in [3.8, 4) is 0 Å². The summed E-state index contributed by atoms with van der Waals surface area (Å²) in [4.78, 5) is 0. The predicted molar refractivity (Wildman–Crippen MR) is 132 cm³/mol. The molecule has 12 heteroatoms. The zero-order chi connectivity index (χ0) is 24.5. The van der Waals surface area contributed by atoms with Crippen molar-refractivity contribution < 1.29 is 28.4 Å². The van der Waals surface area contributed by atoms with Gasteiger partial charge in [-0.1, -0.05) is 0 Å². The molecule has 0 aromatic carbocycles. The van der Waals surface area contributed by atoms with Crippen LogP contribution in [0.2, 0.25) is 0 Å². The Morgan fingerprint density at radius 2 is 0.656 bits per heavy atom. The van der Waals surface area contributed by atoms with Crippen LogP contribution in [0.1, 0.15) is 0 Å². The Labute approximate surface area is 200 Å². The van der Waals surface area contributed by atoms with Crippen LogP contribution in [0, 0.1) is 0 Å². The van der Waals surface area contributed by atoms with Crippen molar-refractivity contribution in [2.24, 2.45) is 0 Å². The van der Waals surface area contributed by atoms with Crippen LogP contribution in [0.3, 0.4) is 0 Å². The Morgan fingerprint density at radius 3 is 0.781 bits per heavy atom. The minimum absolute atomic E-state index is 0.535. The summed E-state index contributed by atoms with van der Waals surface area (Å²) < 4.78 is 42.0. The topological polar surface area (TPSA) is 68.3 Å². The van der Waals surface area contributed by atoms with Gasteiger partial charge in [-0.05, 0) is 0 Å². The first-order valence-electron chi connectivity index (χ1n) is 10.9. The summed E-state index contributed by atoms with van der Waals surface area (Å²) in [5, 5.41) is 0. The number of hydrogen-bond donors (Lipinski definition) is 0. The number of methoxy groups -OCH3 is 6. The molecule has 0 aliphatic heterocycles. The zero-order valence-electron chi connectivity index (χ0n) is 21.5. The number of ether oxygens (including phenoxy) is 6. The van der Waals surface area contributed by atoms with Crippen molar-refractivity contribution >= 4 is 17.8 Å². The second-order valence-corrected chi connectivity index (χ2v) is 13.5. The summed E-state index contributed by atoms with van der Waals surface area (Å²) in [5.41, 5.74) is 0. The summed E-state index contributed by atoms with van der Waals surface area (Å²) in [6.07, 6.45) is 0. The summed E-state index contributed by atoms with van der Waals surface area (Å²) in [6, 6.07) is 0. The van der Waals surface area contributed by atoms with E-state index >= 15 is 0 Å². The molecular formula is C20H48ClN4O6P. The van der Waals surface area contributed by atoms with E-state index in [1.165, 1.54) is 0 Å². The SMILES string of the molecule is COCCN(CCOC)P(Cl)(N(C)C)(N(CCOC)CCOC)N(CCOC)CCOC. The summed E-state index contributed by atoms with van der Waals surface area (Å²) >= 11 is 8.15. The van der Waals surface area contributed by atoms with E-state index in [0.717, 1.165) is 0 Å². The minimum atomic E-state index is -3.68. The third-order valence-corrected chi connectivity index (χ3v) is 13.8. The van der Waals surface area contributed by atoms with Gasteiger partial charge in [-0.25, -0.2) is 0 Å². The van der Waals surface area contributed by atoms with Crippen molar-refractivity contribution in [2.75, 3.05) is 136 Å². The van der Waals surface area contributed by atoms with Crippen molar-refractivity contribution in [1.82, 2.24) is 18.7 Å². The first kappa shape index (κ1) is 32.3. The molecule has 0 fully saturated rings. The molecule has 0 saturated heterocycles. The van der Waals surface area contributed by atoms with Crippen LogP contribution in [0.15, 0.2) is 0 Å². The zero-order valence-corrected chi connectivity index (χ0v) is 23.2. The summed E-state index contributed by atoms with van der Waals surface area (Å²) in [7, 11) is 14.3. The average Bonchev–Trinajstić information content (AvgIpc) is 2.78. The van der Waals surface area contributed by atoms with Crippen molar-refractivity contribution in [3.05, 3.63) is 0 Å². The van der Waals surface area contributed by atoms with Gasteiger partial charge in [0.2, 0.25) is 0 Å². The van der Waals surface area contributed by atoms with Gasteiger partial charge in [-0.15, -0.1) is 0 Å². The predicted octanol–water partition coefficient (Wildman–Crippen LogP) is 1.70. The maximum atomic E-state index is 8.15. The van der Waals surface area contributed by atoms with Gasteiger partial charge in [0.05, 0.1) is 0 Å². The van der Waals surface area contributed by atoms with Gasteiger partial charge in [-0.2, -0.15) is 0 Å². The third-order valence-electron chi connectivity index (χ3n) is 5.47. The van der Waals surface area contributed by atoms with Gasteiger partial charge in [0, 0.05) is 0 Å². The van der Waals surface area contributed by atoms with Crippen LogP contribution in [-0.2, 0) is 28.4 Å². The second-order valence-electron chi connectivity index (χ2n) is 7.50. The van der Waals surface area contributed by atoms with E-state index in [0.29, 0.717) is 78.9 Å². The van der Waals surface area contributed by atoms with E-state index in [4.69, 9.17) is 39.7 Å². The monoisotopic (exact) mass is 506 g/mol. The second kappa shape index (κ2) is 17.7. The average molecular weight is 507 g/mol. The van der Waals surface area contributed by atoms with Gasteiger partial charge in [0.25, 0.3) is 0 Å². The molecule has 0 aliphatic rings. The molecule has 0 aromatic rings. The van der Waals surface area contributed by atoms with E-state index in [2.05, 4.69) is 18.7 Å². The van der Waals surface area contributed by atoms with E-state index in [1.807, 2.05) is 14.1 Å². The van der Waals surface area contributed by atoms with Crippen LogP contribution in [0.4, 0.5) is 0 Å². The summed E-state index contributed by atoms with van der Waals surface area (Å²) in [6.45, 7) is 3.31. The molecule has 0 heterocycles. The van der Waals surface area contributed by atoms with E-state index in [9.17, 15) is 0 Å². The van der Waals surface area contributed by atoms with Crippen molar-refractivity contribution in [1.29, 1.82) is 0 Å². The van der Waals surface area contributed by atoms with Gasteiger partial charge in [0.15, 0.2) is 0 Å². The van der Waals surface area contributed by atoms with Crippen molar-refractivity contribution in [3.63, 3.8) is 0 Å². The fraction of sp³-hybridized carbons (Fsp3) is 1.00. The number of rotatable bonds is 22. The van der Waals surface area contributed by atoms with E-state index < -0.39 is 6.56 Å². The molecule has 0 unspecified atom stereocenters. The molecule has 0 spiro atoms. The standard InChI is InChI=1S/C20H48ClN4O6P/c1-22(2)32(21,23(9-15-26-3)10-16-27-4,24(11-17-28-5)12-18-29-6)25(13-19-30-7)14-20-31-8/h9-20H2,1-8H3. The normalized spacial score (nSPS) is 14.1. The molecule has 0 N–H and O–H groups in total. The molecule has 0 amide bonds. The van der Waals surface area contributed by atoms with Crippen LogP contribution in [0.25, 0.3) is 0 Å². The molecule has 32 heavy (non-hydrogen) atoms. The van der Waals surface area contributed by atoms with Crippen LogP contribution in [0.5, 0.6) is 0 Å². The molecule has 196 valence electrons. The fourth-order valence-electron chi connectivity index (χ4n) is 3.84. The number of hydrogen-bond acceptors (Lipinski definition) is 10. The first-order chi connectivity index (χ1) is 15.3. The quantitative estimate of drug-likeness (QED) is 0.203. The van der Waals surface area contributed by atoms with Crippen LogP contribution in [-0.4, -0.2) is 154 Å². The summed E-state index contributed by atoms with van der Waals surface area (Å²) in [5.74, 6) is 0. The first-order valence-corrected chi connectivity index (χ1v) is 13.9. The van der Waals surface area contributed by atoms with Gasteiger partial charge >= 0.3 is 201 Å². The van der Waals surface area contributed by atoms with Gasteiger partial charge in [0.1, 0.15) is 0 Å². The van der Waals surface area contributed by atoms with Crippen LogP contribution < -0.4 is 0 Å². The Hall–Kier alpha value is 0.320. The molecule has 0 rings (SSSR count). The molecule has 0 saturated carbocycles. The van der Waals surface area contributed by atoms with Gasteiger partial charge < -0.3 is 0 Å². The Morgan fingerprint density at radius 1 is 0.469 bits per heavy atom. The Bertz CT molecular complexity index is 393. The molecule has 10 nitrogen and oxygen atoms in total. The van der Waals surface area contributed by atoms with E-state index in [1.54, 1.807) is 42.7 Å². The molecule has 0 radical (unpaired) electrons. The van der Waals surface area contributed by atoms with Gasteiger partial charge in [-0.3, -0.25) is 0 Å². The molecule has 0 atom stereocenters. The maximum absolute atomic E-state index is 8.15. The molecule has 0 bridgehead atoms. The van der Waals surface area contributed by atoms with E-state index in [-0.39, 0.29) is 0 Å². The number of halogens is 1. The number of nitrogens with zero attached hydrogens (tertiary/aromatic N) is 4. The molecule has 0 aliphatic carbocycles. The Kier molecular flexibility index (Phi) is 17.9.